The molecule has 0 bridgehead atoms. The number of hydrogen-bond donors (Lipinski definition) is 1. The molecule has 0 aromatic heterocycles. The number of carbonyl (C=O) groups is 1. The van der Waals surface area contributed by atoms with Gasteiger partial charge < -0.3 is 14.6 Å². The third-order valence-corrected chi connectivity index (χ3v) is 4.42. The smallest absolute Gasteiger partial charge is 0.320 e. The van der Waals surface area contributed by atoms with E-state index in [0.717, 1.165) is 50.1 Å². The van der Waals surface area contributed by atoms with Gasteiger partial charge in [0.25, 0.3) is 0 Å². The number of nitrogens with zero attached hydrogens (tertiary/aromatic N) is 1. The summed E-state index contributed by atoms with van der Waals surface area (Å²) in [5.41, 5.74) is 1.12. The molecule has 0 aliphatic carbocycles. The molecule has 1 unspecified atom stereocenters. The summed E-state index contributed by atoms with van der Waals surface area (Å²) in [5.74, 6) is 0.129. The number of likely N-dealkylation sites (tertiary alicyclic amines) is 1. The molecule has 2 aliphatic heterocycles. The summed E-state index contributed by atoms with van der Waals surface area (Å²) in [6, 6.07) is 7.60. The molecule has 22 heavy (non-hydrogen) atoms. The zero-order valence-corrected chi connectivity index (χ0v) is 12.7. The van der Waals surface area contributed by atoms with Crippen molar-refractivity contribution in [2.45, 2.75) is 44.4 Å². The number of benzene rings is 1. The first-order valence-electron chi connectivity index (χ1n) is 8.02. The van der Waals surface area contributed by atoms with Crippen LogP contribution in [0.4, 0.5) is 0 Å². The second kappa shape index (κ2) is 7.11. The zero-order valence-electron chi connectivity index (χ0n) is 12.7. The molecular weight excluding hydrogens is 282 g/mol. The fraction of sp³-hybridized carbons (Fsp3) is 0.588. The summed E-state index contributed by atoms with van der Waals surface area (Å²) in [6.07, 6.45) is 4.12. The first kappa shape index (κ1) is 15.3. The summed E-state index contributed by atoms with van der Waals surface area (Å²) >= 11 is 0. The van der Waals surface area contributed by atoms with Crippen LogP contribution in [0.1, 0.15) is 31.2 Å². The molecule has 1 aromatic rings. The molecule has 0 amide bonds. The maximum atomic E-state index is 11.2. The van der Waals surface area contributed by atoms with Crippen LogP contribution in [-0.4, -0.2) is 47.9 Å². The molecule has 1 N–H and O–H groups in total. The van der Waals surface area contributed by atoms with E-state index in [1.165, 1.54) is 0 Å². The van der Waals surface area contributed by atoms with Crippen molar-refractivity contribution in [3.8, 4) is 5.75 Å². The second-order valence-corrected chi connectivity index (χ2v) is 6.06. The van der Waals surface area contributed by atoms with E-state index < -0.39 is 5.97 Å². The summed E-state index contributed by atoms with van der Waals surface area (Å²) in [5, 5.41) is 9.21. The average molecular weight is 305 g/mol. The lowest BCUT2D eigenvalue weighted by atomic mass is 10.2. The minimum atomic E-state index is -0.714. The van der Waals surface area contributed by atoms with Crippen molar-refractivity contribution in [1.82, 2.24) is 4.90 Å². The van der Waals surface area contributed by atoms with Gasteiger partial charge in [0.15, 0.2) is 0 Å². The summed E-state index contributed by atoms with van der Waals surface area (Å²) in [7, 11) is 0. The summed E-state index contributed by atoms with van der Waals surface area (Å²) in [6.45, 7) is 2.98. The Labute approximate surface area is 130 Å². The Balaban J connectivity index is 1.51. The molecule has 2 fully saturated rings. The van der Waals surface area contributed by atoms with E-state index in [1.54, 1.807) is 0 Å². The summed E-state index contributed by atoms with van der Waals surface area (Å²) in [4.78, 5) is 13.2. The van der Waals surface area contributed by atoms with Crippen LogP contribution < -0.4 is 4.74 Å². The van der Waals surface area contributed by atoms with Crippen molar-refractivity contribution < 1.29 is 19.4 Å². The van der Waals surface area contributed by atoms with Gasteiger partial charge in [-0.25, -0.2) is 0 Å². The van der Waals surface area contributed by atoms with Crippen molar-refractivity contribution in [2.75, 3.05) is 19.8 Å². The van der Waals surface area contributed by atoms with Crippen LogP contribution in [0.2, 0.25) is 0 Å². The number of carboxylic acid groups (broad SMARTS) is 1. The lowest BCUT2D eigenvalue weighted by Gasteiger charge is -2.21. The molecule has 2 saturated heterocycles. The van der Waals surface area contributed by atoms with Crippen LogP contribution in [0.3, 0.4) is 0 Å². The number of hydrogen-bond acceptors (Lipinski definition) is 4. The normalized spacial score (nSPS) is 25.5. The van der Waals surface area contributed by atoms with Crippen LogP contribution in [0.25, 0.3) is 0 Å². The second-order valence-electron chi connectivity index (χ2n) is 6.06. The minimum absolute atomic E-state index is 0.223. The van der Waals surface area contributed by atoms with Crippen LogP contribution in [-0.2, 0) is 16.1 Å². The van der Waals surface area contributed by atoms with E-state index in [0.29, 0.717) is 13.2 Å². The molecule has 5 heteroatoms. The Kier molecular flexibility index (Phi) is 4.95. The highest BCUT2D eigenvalue weighted by Crippen LogP contribution is 2.22. The molecule has 2 atom stereocenters. The van der Waals surface area contributed by atoms with Gasteiger partial charge in [-0.1, -0.05) is 12.1 Å². The number of ether oxygens (including phenoxy) is 2. The van der Waals surface area contributed by atoms with Crippen molar-refractivity contribution >= 4 is 5.97 Å². The lowest BCUT2D eigenvalue weighted by Crippen LogP contribution is -2.35. The molecule has 2 aliphatic rings. The summed E-state index contributed by atoms with van der Waals surface area (Å²) < 4.78 is 11.3. The molecule has 1 aromatic carbocycles. The average Bonchev–Trinajstić information content (AvgIpc) is 3.17. The standard InChI is InChI=1S/C17H23NO4/c19-17(20)16-4-1-9-18(16)11-13-5-7-14(8-6-13)22-12-15-3-2-10-21-15/h5-8,15-16H,1-4,9-12H2,(H,19,20)/t15?,16-/m1/s1. The van der Waals surface area contributed by atoms with Gasteiger partial charge in [0, 0.05) is 13.2 Å². The fourth-order valence-corrected chi connectivity index (χ4v) is 3.19. The van der Waals surface area contributed by atoms with Crippen molar-refractivity contribution in [1.29, 1.82) is 0 Å². The van der Waals surface area contributed by atoms with E-state index in [4.69, 9.17) is 9.47 Å². The third kappa shape index (κ3) is 3.78. The monoisotopic (exact) mass is 305 g/mol. The maximum absolute atomic E-state index is 11.2. The highest BCUT2D eigenvalue weighted by molar-refractivity contribution is 5.73. The quantitative estimate of drug-likeness (QED) is 0.874. The first-order chi connectivity index (χ1) is 10.7. The van der Waals surface area contributed by atoms with Crippen LogP contribution in [0.5, 0.6) is 5.75 Å². The van der Waals surface area contributed by atoms with E-state index in [2.05, 4.69) is 0 Å². The Morgan fingerprint density at radius 3 is 2.77 bits per heavy atom. The van der Waals surface area contributed by atoms with Gasteiger partial charge in [-0.2, -0.15) is 0 Å². The number of aliphatic carboxylic acids is 1. The SMILES string of the molecule is O=C(O)[C@H]1CCCN1Cc1ccc(OCC2CCCO2)cc1. The minimum Gasteiger partial charge on any atom is -0.491 e. The van der Waals surface area contributed by atoms with E-state index >= 15 is 0 Å². The van der Waals surface area contributed by atoms with Gasteiger partial charge in [-0.05, 0) is 49.9 Å². The predicted molar refractivity (Wildman–Crippen MR) is 82.0 cm³/mol. The van der Waals surface area contributed by atoms with E-state index in [-0.39, 0.29) is 12.1 Å². The van der Waals surface area contributed by atoms with Crippen LogP contribution >= 0.6 is 0 Å². The molecule has 5 nitrogen and oxygen atoms in total. The first-order valence-corrected chi connectivity index (χ1v) is 8.02. The van der Waals surface area contributed by atoms with Gasteiger partial charge in [-0.15, -0.1) is 0 Å². The zero-order chi connectivity index (χ0) is 15.4. The Morgan fingerprint density at radius 2 is 2.09 bits per heavy atom. The Morgan fingerprint density at radius 1 is 1.27 bits per heavy atom. The Bertz CT molecular complexity index is 496. The Hall–Kier alpha value is -1.59. The molecule has 2 heterocycles. The molecule has 120 valence electrons. The van der Waals surface area contributed by atoms with Crippen LogP contribution in [0.15, 0.2) is 24.3 Å². The topological polar surface area (TPSA) is 59.0 Å². The van der Waals surface area contributed by atoms with Crippen molar-refractivity contribution in [3.05, 3.63) is 29.8 Å². The van der Waals surface area contributed by atoms with E-state index in [9.17, 15) is 9.90 Å². The van der Waals surface area contributed by atoms with Crippen molar-refractivity contribution in [2.24, 2.45) is 0 Å². The van der Waals surface area contributed by atoms with E-state index in [1.807, 2.05) is 29.2 Å². The number of rotatable bonds is 6. The molecule has 0 saturated carbocycles. The van der Waals surface area contributed by atoms with Gasteiger partial charge in [0.05, 0.1) is 6.10 Å². The molecular formula is C17H23NO4. The van der Waals surface area contributed by atoms with Gasteiger partial charge >= 0.3 is 5.97 Å². The molecule has 3 rings (SSSR count). The van der Waals surface area contributed by atoms with Gasteiger partial charge in [0.1, 0.15) is 18.4 Å². The number of carboxylic acids is 1. The highest BCUT2D eigenvalue weighted by atomic mass is 16.5. The maximum Gasteiger partial charge on any atom is 0.320 e. The van der Waals surface area contributed by atoms with Gasteiger partial charge in [-0.3, -0.25) is 9.69 Å². The third-order valence-electron chi connectivity index (χ3n) is 4.42. The fourth-order valence-electron chi connectivity index (χ4n) is 3.19. The lowest BCUT2D eigenvalue weighted by molar-refractivity contribution is -0.142. The van der Waals surface area contributed by atoms with Crippen molar-refractivity contribution in [3.63, 3.8) is 0 Å². The molecule has 0 spiro atoms. The predicted octanol–water partition coefficient (Wildman–Crippen LogP) is 2.29. The van der Waals surface area contributed by atoms with Gasteiger partial charge in [0.2, 0.25) is 0 Å². The molecule has 0 radical (unpaired) electrons. The van der Waals surface area contributed by atoms with Crippen LogP contribution in [0, 0.1) is 0 Å². The largest absolute Gasteiger partial charge is 0.491 e. The highest BCUT2D eigenvalue weighted by Gasteiger charge is 2.30.